The fraction of sp³-hybridized carbons (Fsp3) is 0.294. The lowest BCUT2D eigenvalue weighted by molar-refractivity contribution is 0.0631. The predicted molar refractivity (Wildman–Crippen MR) is 83.9 cm³/mol. The van der Waals surface area contributed by atoms with Crippen LogP contribution in [0.15, 0.2) is 48.8 Å². The van der Waals surface area contributed by atoms with E-state index in [1.54, 1.807) is 31.6 Å². The minimum atomic E-state index is -0.0439. The number of hydrogen-bond acceptors (Lipinski definition) is 4. The zero-order valence-corrected chi connectivity index (χ0v) is 12.5. The number of para-hydroxylation sites is 1. The molecule has 0 saturated carbocycles. The number of nitrogens with zero attached hydrogens (tertiary/aromatic N) is 2. The van der Waals surface area contributed by atoms with Crippen molar-refractivity contribution in [3.8, 4) is 5.75 Å². The minimum absolute atomic E-state index is 0.00510. The molecule has 114 valence electrons. The summed E-state index contributed by atoms with van der Waals surface area (Å²) >= 11 is 0. The second-order valence-electron chi connectivity index (χ2n) is 5.20. The van der Waals surface area contributed by atoms with Crippen LogP contribution in [0.3, 0.4) is 0 Å². The Bertz CT molecular complexity index is 645. The molecule has 0 radical (unpaired) electrons. The van der Waals surface area contributed by atoms with Gasteiger partial charge in [-0.15, -0.1) is 0 Å². The number of ether oxygens (including phenoxy) is 1. The summed E-state index contributed by atoms with van der Waals surface area (Å²) in [7, 11) is 1.66. The smallest absolute Gasteiger partial charge is 0.256 e. The van der Waals surface area contributed by atoms with Crippen LogP contribution in [-0.4, -0.2) is 42.5 Å². The van der Waals surface area contributed by atoms with Gasteiger partial charge < -0.3 is 15.0 Å². The molecule has 1 aromatic heterocycles. The summed E-state index contributed by atoms with van der Waals surface area (Å²) in [6.45, 7) is 2.17. The Kier molecular flexibility index (Phi) is 4.34. The van der Waals surface area contributed by atoms with E-state index >= 15 is 0 Å². The third-order valence-electron chi connectivity index (χ3n) is 3.91. The molecule has 1 aliphatic rings. The van der Waals surface area contributed by atoms with Gasteiger partial charge in [-0.2, -0.15) is 0 Å². The highest BCUT2D eigenvalue weighted by Crippen LogP contribution is 2.30. The molecule has 22 heavy (non-hydrogen) atoms. The molecule has 1 unspecified atom stereocenters. The molecule has 1 N–H and O–H groups in total. The van der Waals surface area contributed by atoms with Gasteiger partial charge in [0.1, 0.15) is 5.75 Å². The van der Waals surface area contributed by atoms with Gasteiger partial charge in [0.2, 0.25) is 0 Å². The molecular formula is C17H19N3O2. The van der Waals surface area contributed by atoms with Crippen molar-refractivity contribution < 1.29 is 9.53 Å². The summed E-state index contributed by atoms with van der Waals surface area (Å²) in [4.78, 5) is 18.7. The van der Waals surface area contributed by atoms with Crippen LogP contribution in [0.1, 0.15) is 22.0 Å². The van der Waals surface area contributed by atoms with Crippen LogP contribution in [0.5, 0.6) is 5.75 Å². The van der Waals surface area contributed by atoms with Gasteiger partial charge in [0.25, 0.3) is 5.91 Å². The molecule has 5 nitrogen and oxygen atoms in total. The van der Waals surface area contributed by atoms with Crippen molar-refractivity contribution in [2.75, 3.05) is 26.7 Å². The van der Waals surface area contributed by atoms with Gasteiger partial charge in [-0.05, 0) is 18.2 Å². The van der Waals surface area contributed by atoms with Crippen LogP contribution >= 0.6 is 0 Å². The summed E-state index contributed by atoms with van der Waals surface area (Å²) < 4.78 is 5.45. The summed E-state index contributed by atoms with van der Waals surface area (Å²) in [6.07, 6.45) is 3.29. The third kappa shape index (κ3) is 2.80. The van der Waals surface area contributed by atoms with E-state index in [1.807, 2.05) is 29.2 Å². The standard InChI is InChI=1S/C17H19N3O2/c1-22-16-7-3-2-6-14(16)15-12-19-9-10-20(15)17(21)13-5-4-8-18-11-13/h2-8,11,15,19H,9-10,12H2,1H3. The lowest BCUT2D eigenvalue weighted by atomic mass is 10.0. The van der Waals surface area contributed by atoms with Crippen molar-refractivity contribution in [3.05, 3.63) is 59.9 Å². The van der Waals surface area contributed by atoms with Crippen molar-refractivity contribution in [1.82, 2.24) is 15.2 Å². The Labute approximate surface area is 129 Å². The normalized spacial score (nSPS) is 18.0. The van der Waals surface area contributed by atoms with E-state index in [-0.39, 0.29) is 11.9 Å². The minimum Gasteiger partial charge on any atom is -0.496 e. The van der Waals surface area contributed by atoms with E-state index in [1.165, 1.54) is 0 Å². The number of pyridine rings is 1. The summed E-state index contributed by atoms with van der Waals surface area (Å²) in [6, 6.07) is 11.4. The number of methoxy groups -OCH3 is 1. The van der Waals surface area contributed by atoms with E-state index in [0.717, 1.165) is 17.9 Å². The van der Waals surface area contributed by atoms with E-state index in [9.17, 15) is 4.79 Å². The molecular weight excluding hydrogens is 278 g/mol. The number of piperazine rings is 1. The highest BCUT2D eigenvalue weighted by atomic mass is 16.5. The Morgan fingerprint density at radius 3 is 2.95 bits per heavy atom. The second-order valence-corrected chi connectivity index (χ2v) is 5.20. The molecule has 1 atom stereocenters. The molecule has 5 heteroatoms. The van der Waals surface area contributed by atoms with Gasteiger partial charge >= 0.3 is 0 Å². The SMILES string of the molecule is COc1ccccc1C1CNCCN1C(=O)c1cccnc1. The highest BCUT2D eigenvalue weighted by molar-refractivity contribution is 5.94. The molecule has 0 aliphatic carbocycles. The molecule has 1 aliphatic heterocycles. The average Bonchev–Trinajstić information content (AvgIpc) is 2.62. The molecule has 1 saturated heterocycles. The van der Waals surface area contributed by atoms with Crippen molar-refractivity contribution >= 4 is 5.91 Å². The molecule has 1 aromatic carbocycles. The van der Waals surface area contributed by atoms with Gasteiger partial charge in [-0.25, -0.2) is 0 Å². The first kappa shape index (κ1) is 14.5. The maximum atomic E-state index is 12.8. The quantitative estimate of drug-likeness (QED) is 0.940. The number of carbonyl (C=O) groups is 1. The van der Waals surface area contributed by atoms with E-state index in [4.69, 9.17) is 4.74 Å². The Balaban J connectivity index is 1.93. The number of carbonyl (C=O) groups excluding carboxylic acids is 1. The topological polar surface area (TPSA) is 54.5 Å². The number of aromatic nitrogens is 1. The fourth-order valence-electron chi connectivity index (χ4n) is 2.82. The molecule has 2 heterocycles. The van der Waals surface area contributed by atoms with Crippen LogP contribution in [0.2, 0.25) is 0 Å². The van der Waals surface area contributed by atoms with Crippen LogP contribution in [0.25, 0.3) is 0 Å². The Hall–Kier alpha value is -2.40. The number of hydrogen-bond donors (Lipinski definition) is 1. The first-order chi connectivity index (χ1) is 10.8. The van der Waals surface area contributed by atoms with Gasteiger partial charge in [0, 0.05) is 37.6 Å². The average molecular weight is 297 g/mol. The van der Waals surface area contributed by atoms with Crippen molar-refractivity contribution in [2.24, 2.45) is 0 Å². The predicted octanol–water partition coefficient (Wildman–Crippen LogP) is 1.88. The van der Waals surface area contributed by atoms with Crippen LogP contribution in [-0.2, 0) is 0 Å². The monoisotopic (exact) mass is 297 g/mol. The lowest BCUT2D eigenvalue weighted by Crippen LogP contribution is -2.48. The maximum Gasteiger partial charge on any atom is 0.256 e. The second kappa shape index (κ2) is 6.58. The zero-order chi connectivity index (χ0) is 15.4. The molecule has 0 bridgehead atoms. The number of benzene rings is 1. The van der Waals surface area contributed by atoms with Crippen LogP contribution in [0.4, 0.5) is 0 Å². The van der Waals surface area contributed by atoms with Gasteiger partial charge in [0.05, 0.1) is 18.7 Å². The van der Waals surface area contributed by atoms with Gasteiger partial charge in [0.15, 0.2) is 0 Å². The van der Waals surface area contributed by atoms with Gasteiger partial charge in [-0.1, -0.05) is 18.2 Å². The van der Waals surface area contributed by atoms with Crippen LogP contribution in [0, 0.1) is 0 Å². The first-order valence-electron chi connectivity index (χ1n) is 7.36. The summed E-state index contributed by atoms with van der Waals surface area (Å²) in [5, 5.41) is 3.36. The zero-order valence-electron chi connectivity index (χ0n) is 12.5. The first-order valence-corrected chi connectivity index (χ1v) is 7.36. The maximum absolute atomic E-state index is 12.8. The lowest BCUT2D eigenvalue weighted by Gasteiger charge is -2.37. The van der Waals surface area contributed by atoms with E-state index < -0.39 is 0 Å². The summed E-state index contributed by atoms with van der Waals surface area (Å²) in [5.74, 6) is 0.811. The molecule has 2 aromatic rings. The fourth-order valence-corrected chi connectivity index (χ4v) is 2.82. The van der Waals surface area contributed by atoms with Crippen molar-refractivity contribution in [2.45, 2.75) is 6.04 Å². The van der Waals surface area contributed by atoms with Crippen LogP contribution < -0.4 is 10.1 Å². The van der Waals surface area contributed by atoms with Crippen molar-refractivity contribution in [1.29, 1.82) is 0 Å². The van der Waals surface area contributed by atoms with Gasteiger partial charge in [-0.3, -0.25) is 9.78 Å². The largest absolute Gasteiger partial charge is 0.496 e. The Morgan fingerprint density at radius 1 is 1.32 bits per heavy atom. The number of amides is 1. The molecule has 1 amide bonds. The number of rotatable bonds is 3. The molecule has 1 fully saturated rings. The molecule has 0 spiro atoms. The van der Waals surface area contributed by atoms with Crippen molar-refractivity contribution in [3.63, 3.8) is 0 Å². The highest BCUT2D eigenvalue weighted by Gasteiger charge is 2.30. The summed E-state index contributed by atoms with van der Waals surface area (Å²) in [5.41, 5.74) is 1.64. The van der Waals surface area contributed by atoms with E-state index in [0.29, 0.717) is 18.7 Å². The van der Waals surface area contributed by atoms with E-state index in [2.05, 4.69) is 10.3 Å². The third-order valence-corrected chi connectivity index (χ3v) is 3.91. The Morgan fingerprint density at radius 2 is 2.18 bits per heavy atom. The molecule has 3 rings (SSSR count). The number of nitrogens with one attached hydrogen (secondary N) is 1.